The minimum absolute atomic E-state index is 0.0246. The fourth-order valence-electron chi connectivity index (χ4n) is 2.17. The third-order valence-electron chi connectivity index (χ3n) is 3.24. The van der Waals surface area contributed by atoms with Crippen LogP contribution in [-0.2, 0) is 4.79 Å². The van der Waals surface area contributed by atoms with Crippen molar-refractivity contribution in [3.8, 4) is 0 Å². The minimum atomic E-state index is -0.875. The molecule has 10 heteroatoms. The van der Waals surface area contributed by atoms with Gasteiger partial charge in [0.25, 0.3) is 11.8 Å². The molecule has 3 amide bonds. The maximum atomic E-state index is 12.1. The van der Waals surface area contributed by atoms with E-state index >= 15 is 0 Å². The van der Waals surface area contributed by atoms with Gasteiger partial charge in [0, 0.05) is 0 Å². The van der Waals surface area contributed by atoms with Gasteiger partial charge in [-0.1, -0.05) is 23.7 Å². The number of nitrogens with one attached hydrogen (secondary N) is 3. The fourth-order valence-corrected chi connectivity index (χ4v) is 2.98. The van der Waals surface area contributed by atoms with Crippen molar-refractivity contribution < 1.29 is 14.4 Å². The second kappa shape index (κ2) is 7.95. The lowest BCUT2D eigenvalue weighted by Gasteiger charge is -2.09. The molecule has 132 valence electrons. The summed E-state index contributed by atoms with van der Waals surface area (Å²) < 4.78 is 0. The normalized spacial score (nSPS) is 10.3. The van der Waals surface area contributed by atoms with Crippen molar-refractivity contribution >= 4 is 52.6 Å². The molecule has 0 saturated heterocycles. The lowest BCUT2D eigenvalue weighted by molar-refractivity contribution is -0.114. The summed E-state index contributed by atoms with van der Waals surface area (Å²) in [5, 5.41) is 6.19. The van der Waals surface area contributed by atoms with Crippen LogP contribution in [0, 0.1) is 0 Å². The lowest BCUT2D eigenvalue weighted by atomic mass is 10.1. The van der Waals surface area contributed by atoms with Gasteiger partial charge in [0.1, 0.15) is 5.82 Å². The van der Waals surface area contributed by atoms with Gasteiger partial charge in [0.2, 0.25) is 5.91 Å². The number of carbonyl (C=O) groups is 3. The lowest BCUT2D eigenvalue weighted by Crippen LogP contribution is -2.25. The van der Waals surface area contributed by atoms with Crippen LogP contribution in [0.1, 0.15) is 20.7 Å². The smallest absolute Gasteiger partial charge is 0.253 e. The Morgan fingerprint density at radius 1 is 1.16 bits per heavy atom. The molecule has 2 aromatic rings. The number of H-pyrrole nitrogens is 1. The first-order valence-corrected chi connectivity index (χ1v) is 8.63. The second-order valence-electron chi connectivity index (χ2n) is 4.89. The SMILES string of the molecule is CSc1[nH]c(NC(=O)CNc2ccccc2Cl)c(C(N)=O)c1C(N)=O. The van der Waals surface area contributed by atoms with E-state index in [2.05, 4.69) is 15.6 Å². The number of nitrogens with two attached hydrogens (primary N) is 2. The molecule has 0 bridgehead atoms. The number of aromatic amines is 1. The van der Waals surface area contributed by atoms with E-state index in [1.54, 1.807) is 30.5 Å². The summed E-state index contributed by atoms with van der Waals surface area (Å²) >= 11 is 7.16. The van der Waals surface area contributed by atoms with Gasteiger partial charge >= 0.3 is 0 Å². The van der Waals surface area contributed by atoms with E-state index in [9.17, 15) is 14.4 Å². The van der Waals surface area contributed by atoms with Crippen molar-refractivity contribution in [1.29, 1.82) is 0 Å². The van der Waals surface area contributed by atoms with Gasteiger partial charge in [-0.05, 0) is 18.4 Å². The predicted molar refractivity (Wildman–Crippen MR) is 98.2 cm³/mol. The standard InChI is InChI=1S/C15H16ClN5O3S/c1-25-15-11(13(18)24)10(12(17)23)14(21-15)20-9(22)6-19-8-5-3-2-4-7(8)16/h2-5,19,21H,6H2,1H3,(H2,17,23)(H2,18,24)(H,20,22). The minimum Gasteiger partial charge on any atom is -0.375 e. The van der Waals surface area contributed by atoms with Crippen LogP contribution in [0.3, 0.4) is 0 Å². The highest BCUT2D eigenvalue weighted by Gasteiger charge is 2.25. The number of para-hydroxylation sites is 1. The number of halogens is 1. The summed E-state index contributed by atoms with van der Waals surface area (Å²) in [6, 6.07) is 6.94. The van der Waals surface area contributed by atoms with E-state index in [1.165, 1.54) is 11.8 Å². The Kier molecular flexibility index (Phi) is 5.94. The van der Waals surface area contributed by atoms with E-state index in [0.29, 0.717) is 15.7 Å². The first-order chi connectivity index (χ1) is 11.8. The zero-order valence-electron chi connectivity index (χ0n) is 13.2. The van der Waals surface area contributed by atoms with Gasteiger partial charge in [0.05, 0.1) is 33.4 Å². The molecule has 1 aromatic carbocycles. The van der Waals surface area contributed by atoms with Crippen molar-refractivity contribution in [2.45, 2.75) is 5.03 Å². The highest BCUT2D eigenvalue weighted by molar-refractivity contribution is 7.98. The average Bonchev–Trinajstić information content (AvgIpc) is 2.92. The molecule has 7 N–H and O–H groups in total. The molecule has 2 rings (SSSR count). The van der Waals surface area contributed by atoms with Crippen molar-refractivity contribution in [2.24, 2.45) is 11.5 Å². The van der Waals surface area contributed by atoms with Crippen molar-refractivity contribution in [1.82, 2.24) is 4.98 Å². The average molecular weight is 382 g/mol. The Morgan fingerprint density at radius 3 is 2.36 bits per heavy atom. The Hall–Kier alpha value is -2.65. The number of anilines is 2. The topological polar surface area (TPSA) is 143 Å². The number of aromatic nitrogens is 1. The molecule has 0 unspecified atom stereocenters. The molecular formula is C15H16ClN5O3S. The Bertz CT molecular complexity index is 837. The van der Waals surface area contributed by atoms with Crippen molar-refractivity contribution in [2.75, 3.05) is 23.4 Å². The van der Waals surface area contributed by atoms with Crippen LogP contribution in [0.5, 0.6) is 0 Å². The second-order valence-corrected chi connectivity index (χ2v) is 6.12. The number of hydrogen-bond acceptors (Lipinski definition) is 5. The molecule has 0 aliphatic carbocycles. The maximum Gasteiger partial charge on any atom is 0.253 e. The first kappa shape index (κ1) is 18.7. The monoisotopic (exact) mass is 381 g/mol. The van der Waals surface area contributed by atoms with Crippen LogP contribution in [-0.4, -0.2) is 35.5 Å². The summed E-state index contributed by atoms with van der Waals surface area (Å²) in [7, 11) is 0. The number of primary amides is 2. The third kappa shape index (κ3) is 4.25. The van der Waals surface area contributed by atoms with Gasteiger partial charge < -0.3 is 27.1 Å². The van der Waals surface area contributed by atoms with Crippen molar-refractivity contribution in [3.63, 3.8) is 0 Å². The van der Waals surface area contributed by atoms with Gasteiger partial charge in [-0.25, -0.2) is 0 Å². The van der Waals surface area contributed by atoms with Crippen LogP contribution in [0.2, 0.25) is 5.02 Å². The van der Waals surface area contributed by atoms with E-state index < -0.39 is 17.7 Å². The predicted octanol–water partition coefficient (Wildman–Crippen LogP) is 1.64. The van der Waals surface area contributed by atoms with Crippen LogP contribution < -0.4 is 22.1 Å². The number of benzene rings is 1. The zero-order valence-corrected chi connectivity index (χ0v) is 14.8. The van der Waals surface area contributed by atoms with Crippen LogP contribution in [0.4, 0.5) is 11.5 Å². The Labute approximate surface area is 152 Å². The molecule has 1 aromatic heterocycles. The van der Waals surface area contributed by atoms with Gasteiger partial charge in [-0.15, -0.1) is 11.8 Å². The molecular weight excluding hydrogens is 366 g/mol. The third-order valence-corrected chi connectivity index (χ3v) is 4.28. The molecule has 0 atom stereocenters. The van der Waals surface area contributed by atoms with Crippen LogP contribution in [0.25, 0.3) is 0 Å². The van der Waals surface area contributed by atoms with Crippen molar-refractivity contribution in [3.05, 3.63) is 40.4 Å². The molecule has 0 aliphatic heterocycles. The summed E-state index contributed by atoms with van der Waals surface area (Å²) in [4.78, 5) is 38.2. The molecule has 0 aliphatic rings. The van der Waals surface area contributed by atoms with Gasteiger partial charge in [-0.3, -0.25) is 14.4 Å². The molecule has 1 heterocycles. The highest BCUT2D eigenvalue weighted by Crippen LogP contribution is 2.29. The first-order valence-electron chi connectivity index (χ1n) is 7.03. The highest BCUT2D eigenvalue weighted by atomic mass is 35.5. The molecule has 0 radical (unpaired) electrons. The van der Waals surface area contributed by atoms with E-state index in [1.807, 2.05) is 0 Å². The summed E-state index contributed by atoms with van der Waals surface area (Å²) in [6.07, 6.45) is 1.69. The summed E-state index contributed by atoms with van der Waals surface area (Å²) in [6.45, 7) is -0.110. The number of amides is 3. The summed E-state index contributed by atoms with van der Waals surface area (Å²) in [5.41, 5.74) is 11.0. The summed E-state index contributed by atoms with van der Waals surface area (Å²) in [5.74, 6) is -2.13. The number of rotatable bonds is 7. The Morgan fingerprint density at radius 2 is 1.80 bits per heavy atom. The maximum absolute atomic E-state index is 12.1. The van der Waals surface area contributed by atoms with E-state index in [0.717, 1.165) is 0 Å². The van der Waals surface area contributed by atoms with Crippen LogP contribution in [0.15, 0.2) is 29.3 Å². The molecule has 0 fully saturated rings. The van der Waals surface area contributed by atoms with E-state index in [4.69, 9.17) is 23.1 Å². The molecule has 8 nitrogen and oxygen atoms in total. The molecule has 0 spiro atoms. The van der Waals surface area contributed by atoms with Crippen LogP contribution >= 0.6 is 23.4 Å². The number of thioether (sulfide) groups is 1. The number of carbonyl (C=O) groups excluding carboxylic acids is 3. The Balaban J connectivity index is 2.19. The molecule has 0 saturated carbocycles. The van der Waals surface area contributed by atoms with E-state index in [-0.39, 0.29) is 23.5 Å². The number of hydrogen-bond donors (Lipinski definition) is 5. The molecule has 25 heavy (non-hydrogen) atoms. The van der Waals surface area contributed by atoms with Gasteiger partial charge in [-0.2, -0.15) is 0 Å². The zero-order chi connectivity index (χ0) is 18.6. The fraction of sp³-hybridized carbons (Fsp3) is 0.133. The van der Waals surface area contributed by atoms with Gasteiger partial charge in [0.15, 0.2) is 0 Å². The quantitative estimate of drug-likeness (QED) is 0.463. The largest absolute Gasteiger partial charge is 0.375 e.